The average Bonchev–Trinajstić information content (AvgIpc) is 3.14. The number of rotatable bonds is 8. The van der Waals surface area contributed by atoms with Crippen LogP contribution in [0.3, 0.4) is 0 Å². The largest absolute Gasteiger partial charge is 0.295 e. The first kappa shape index (κ1) is 21.0. The summed E-state index contributed by atoms with van der Waals surface area (Å²) in [6, 6.07) is 8.13. The van der Waals surface area contributed by atoms with E-state index in [1.165, 1.54) is 40.4 Å². The van der Waals surface area contributed by atoms with Crippen molar-refractivity contribution in [1.82, 2.24) is 20.2 Å². The Morgan fingerprint density at radius 1 is 1.25 bits per heavy atom. The Morgan fingerprint density at radius 2 is 2.07 bits per heavy atom. The first-order valence-electron chi connectivity index (χ1n) is 8.54. The highest BCUT2D eigenvalue weighted by Crippen LogP contribution is 2.27. The molecular formula is C18H18ClN5OS3. The number of nitrogens with one attached hydrogen (secondary N) is 1. The van der Waals surface area contributed by atoms with E-state index in [0.29, 0.717) is 16.0 Å². The molecule has 2 aromatic heterocycles. The highest BCUT2D eigenvalue weighted by atomic mass is 35.5. The summed E-state index contributed by atoms with van der Waals surface area (Å²) in [5.41, 5.74) is 2.53. The molecule has 0 aliphatic rings. The van der Waals surface area contributed by atoms with Gasteiger partial charge in [-0.3, -0.25) is 10.1 Å². The molecule has 0 spiro atoms. The average molecular weight is 452 g/mol. The van der Waals surface area contributed by atoms with Crippen LogP contribution < -0.4 is 5.32 Å². The van der Waals surface area contributed by atoms with Gasteiger partial charge in [0.15, 0.2) is 15.2 Å². The second kappa shape index (κ2) is 10.2. The third-order valence-corrected chi connectivity index (χ3v) is 6.98. The van der Waals surface area contributed by atoms with Crippen LogP contribution >= 0.6 is 46.5 Å². The summed E-state index contributed by atoms with van der Waals surface area (Å²) in [6.45, 7) is 4.16. The fourth-order valence-electron chi connectivity index (χ4n) is 2.16. The molecular weight excluding hydrogens is 434 g/mol. The van der Waals surface area contributed by atoms with Crippen LogP contribution in [0.1, 0.15) is 35.0 Å². The highest BCUT2D eigenvalue weighted by Gasteiger charge is 2.17. The second-order valence-corrected chi connectivity index (χ2v) is 9.41. The number of halogens is 1. The molecule has 3 rings (SSSR count). The van der Waals surface area contributed by atoms with E-state index in [0.717, 1.165) is 16.5 Å². The molecule has 0 atom stereocenters. The number of amides is 1. The van der Waals surface area contributed by atoms with Crippen LogP contribution in [0.25, 0.3) is 0 Å². The van der Waals surface area contributed by atoms with Gasteiger partial charge in [0.05, 0.1) is 11.2 Å². The Kier molecular flexibility index (Phi) is 7.66. The van der Waals surface area contributed by atoms with Crippen molar-refractivity contribution in [2.75, 3.05) is 11.1 Å². The number of carbonyl (C=O) groups is 1. The maximum Gasteiger partial charge on any atom is 0.277 e. The van der Waals surface area contributed by atoms with E-state index < -0.39 is 5.91 Å². The van der Waals surface area contributed by atoms with Gasteiger partial charge in [-0.25, -0.2) is 9.97 Å². The van der Waals surface area contributed by atoms with E-state index in [9.17, 15) is 4.79 Å². The predicted molar refractivity (Wildman–Crippen MR) is 117 cm³/mol. The number of benzene rings is 1. The van der Waals surface area contributed by atoms with Gasteiger partial charge in [0.1, 0.15) is 0 Å². The van der Waals surface area contributed by atoms with Crippen molar-refractivity contribution in [2.45, 2.75) is 35.5 Å². The molecule has 28 heavy (non-hydrogen) atoms. The maximum atomic E-state index is 12.6. The van der Waals surface area contributed by atoms with Crippen molar-refractivity contribution >= 4 is 57.5 Å². The zero-order valence-corrected chi connectivity index (χ0v) is 18.5. The fourth-order valence-corrected chi connectivity index (χ4v) is 4.90. The number of hydrogen-bond acceptors (Lipinski definition) is 8. The molecule has 1 N–H and O–H groups in total. The summed E-state index contributed by atoms with van der Waals surface area (Å²) >= 11 is 10.5. The normalized spacial score (nSPS) is 10.8. The van der Waals surface area contributed by atoms with Gasteiger partial charge in [0.2, 0.25) is 5.13 Å². The smallest absolute Gasteiger partial charge is 0.277 e. The summed E-state index contributed by atoms with van der Waals surface area (Å²) in [5, 5.41) is 11.9. The minimum Gasteiger partial charge on any atom is -0.295 e. The number of thioether (sulfide) groups is 2. The van der Waals surface area contributed by atoms with Crippen LogP contribution in [0, 0.1) is 6.92 Å². The Balaban J connectivity index is 1.67. The monoisotopic (exact) mass is 451 g/mol. The molecule has 1 amide bonds. The number of aromatic nitrogens is 4. The molecule has 0 saturated heterocycles. The van der Waals surface area contributed by atoms with E-state index in [1.807, 2.05) is 12.1 Å². The Bertz CT molecular complexity index is 966. The first-order chi connectivity index (χ1) is 13.6. The predicted octanol–water partition coefficient (Wildman–Crippen LogP) is 5.34. The molecule has 1 aromatic carbocycles. The fraction of sp³-hybridized carbons (Fsp3) is 0.278. The lowest BCUT2D eigenvalue weighted by molar-refractivity contribution is 0.102. The lowest BCUT2D eigenvalue weighted by Gasteiger charge is -2.07. The van der Waals surface area contributed by atoms with Crippen LogP contribution in [0.4, 0.5) is 5.13 Å². The van der Waals surface area contributed by atoms with Gasteiger partial charge in [0.25, 0.3) is 5.91 Å². The topological polar surface area (TPSA) is 80.7 Å². The van der Waals surface area contributed by atoms with Crippen molar-refractivity contribution in [3.63, 3.8) is 0 Å². The van der Waals surface area contributed by atoms with Crippen molar-refractivity contribution in [3.05, 3.63) is 52.3 Å². The molecule has 2 heterocycles. The lowest BCUT2D eigenvalue weighted by Crippen LogP contribution is -2.15. The van der Waals surface area contributed by atoms with E-state index in [1.54, 1.807) is 11.8 Å². The van der Waals surface area contributed by atoms with E-state index in [4.69, 9.17) is 11.6 Å². The minimum absolute atomic E-state index is 0.127. The number of nitrogens with zero attached hydrogens (tertiary/aromatic N) is 4. The molecule has 0 aliphatic heterocycles. The number of anilines is 1. The standard InChI is InChI=1S/C18H18ClN5OS3/c1-3-8-26-18-24-23-17(28-18)22-15(25)14-13(19)9-20-16(21-14)27-10-12-7-5-4-6-11(12)2/h4-7,9H,3,8,10H2,1-2H3,(H,22,23,25). The molecule has 0 unspecified atom stereocenters. The summed E-state index contributed by atoms with van der Waals surface area (Å²) in [7, 11) is 0. The number of carbonyl (C=O) groups excluding carboxylic acids is 1. The van der Waals surface area contributed by atoms with Crippen LogP contribution in [0.15, 0.2) is 40.0 Å². The van der Waals surface area contributed by atoms with E-state index in [2.05, 4.69) is 51.5 Å². The molecule has 10 heteroatoms. The summed E-state index contributed by atoms with van der Waals surface area (Å²) in [6.07, 6.45) is 2.50. The first-order valence-corrected chi connectivity index (χ1v) is 11.7. The molecule has 0 fully saturated rings. The zero-order valence-electron chi connectivity index (χ0n) is 15.3. The quantitative estimate of drug-likeness (QED) is 0.281. The molecule has 3 aromatic rings. The third kappa shape index (κ3) is 5.66. The minimum atomic E-state index is -0.423. The summed E-state index contributed by atoms with van der Waals surface area (Å²) in [4.78, 5) is 21.1. The summed E-state index contributed by atoms with van der Waals surface area (Å²) in [5.74, 6) is 1.25. The third-order valence-electron chi connectivity index (χ3n) is 3.61. The summed E-state index contributed by atoms with van der Waals surface area (Å²) < 4.78 is 0.820. The molecule has 0 saturated carbocycles. The van der Waals surface area contributed by atoms with Crippen LogP contribution in [-0.2, 0) is 5.75 Å². The Hall–Kier alpha value is -1.68. The van der Waals surface area contributed by atoms with E-state index >= 15 is 0 Å². The molecule has 0 bridgehead atoms. The molecule has 146 valence electrons. The van der Waals surface area contributed by atoms with E-state index in [-0.39, 0.29) is 10.7 Å². The van der Waals surface area contributed by atoms with Crippen LogP contribution in [0.2, 0.25) is 5.02 Å². The highest BCUT2D eigenvalue weighted by molar-refractivity contribution is 8.01. The van der Waals surface area contributed by atoms with Gasteiger partial charge in [-0.2, -0.15) is 0 Å². The van der Waals surface area contributed by atoms with Crippen LogP contribution in [0.5, 0.6) is 0 Å². The molecule has 0 radical (unpaired) electrons. The van der Waals surface area contributed by atoms with Gasteiger partial charge in [-0.15, -0.1) is 10.2 Å². The van der Waals surface area contributed by atoms with Crippen molar-refractivity contribution in [2.24, 2.45) is 0 Å². The van der Waals surface area contributed by atoms with Gasteiger partial charge < -0.3 is 0 Å². The zero-order chi connectivity index (χ0) is 19.9. The number of hydrogen-bond donors (Lipinski definition) is 1. The van der Waals surface area contributed by atoms with Crippen molar-refractivity contribution in [1.29, 1.82) is 0 Å². The lowest BCUT2D eigenvalue weighted by atomic mass is 10.1. The van der Waals surface area contributed by atoms with Gasteiger partial charge in [-0.05, 0) is 24.5 Å². The SMILES string of the molecule is CCCSc1nnc(NC(=O)c2nc(SCc3ccccc3C)ncc2Cl)s1. The Labute approximate surface area is 180 Å². The number of aryl methyl sites for hydroxylation is 1. The molecule has 6 nitrogen and oxygen atoms in total. The van der Waals surface area contributed by atoms with Crippen molar-refractivity contribution in [3.8, 4) is 0 Å². The van der Waals surface area contributed by atoms with Crippen molar-refractivity contribution < 1.29 is 4.79 Å². The van der Waals surface area contributed by atoms with Gasteiger partial charge in [-0.1, -0.05) is 77.7 Å². The maximum absolute atomic E-state index is 12.6. The molecule has 0 aliphatic carbocycles. The van der Waals surface area contributed by atoms with Crippen LogP contribution in [-0.4, -0.2) is 31.8 Å². The Morgan fingerprint density at radius 3 is 2.86 bits per heavy atom. The second-order valence-electron chi connectivity index (χ2n) is 5.74. The van der Waals surface area contributed by atoms with Gasteiger partial charge in [0, 0.05) is 11.5 Å². The van der Waals surface area contributed by atoms with Gasteiger partial charge >= 0.3 is 0 Å².